The molecule has 0 radical (unpaired) electrons. The molecule has 108 valence electrons. The summed E-state index contributed by atoms with van der Waals surface area (Å²) in [6.45, 7) is 1.86. The van der Waals surface area contributed by atoms with Gasteiger partial charge in [0.15, 0.2) is 5.78 Å². The number of carbonyl (C=O) groups is 2. The lowest BCUT2D eigenvalue weighted by Crippen LogP contribution is -2.06. The first-order chi connectivity index (χ1) is 10.1. The van der Waals surface area contributed by atoms with Crippen molar-refractivity contribution in [1.82, 2.24) is 0 Å². The van der Waals surface area contributed by atoms with Gasteiger partial charge in [0, 0.05) is 29.3 Å². The Hall–Kier alpha value is -1.74. The third kappa shape index (κ3) is 4.36. The van der Waals surface area contributed by atoms with Gasteiger partial charge in [-0.2, -0.15) is 0 Å². The Morgan fingerprint density at radius 2 is 1.62 bits per heavy atom. The van der Waals surface area contributed by atoms with E-state index in [0.29, 0.717) is 24.8 Å². The van der Waals surface area contributed by atoms with Crippen LogP contribution in [0.1, 0.15) is 34.8 Å². The molecule has 0 atom stereocenters. The summed E-state index contributed by atoms with van der Waals surface area (Å²) in [7, 11) is 0. The van der Waals surface area contributed by atoms with Crippen LogP contribution in [0.15, 0.2) is 53.0 Å². The molecule has 0 aromatic heterocycles. The van der Waals surface area contributed by atoms with E-state index in [1.54, 1.807) is 0 Å². The number of benzene rings is 2. The number of hydrogen-bond donors (Lipinski definition) is 0. The summed E-state index contributed by atoms with van der Waals surface area (Å²) in [5.41, 5.74) is 2.60. The fraction of sp³-hybridized carbons (Fsp3) is 0.222. The lowest BCUT2D eigenvalue weighted by molar-refractivity contribution is -0.118. The average Bonchev–Trinajstić information content (AvgIpc) is 2.47. The highest BCUT2D eigenvalue weighted by Gasteiger charge is 2.11. The Bertz CT molecular complexity index is 662. The van der Waals surface area contributed by atoms with E-state index in [0.717, 1.165) is 15.6 Å². The van der Waals surface area contributed by atoms with E-state index in [4.69, 9.17) is 0 Å². The number of halogens is 1. The van der Waals surface area contributed by atoms with E-state index in [9.17, 15) is 9.59 Å². The molecule has 0 amide bonds. The van der Waals surface area contributed by atoms with Crippen molar-refractivity contribution in [2.45, 2.75) is 26.2 Å². The first-order valence-corrected chi connectivity index (χ1v) is 7.76. The van der Waals surface area contributed by atoms with Gasteiger partial charge in [-0.25, -0.2) is 0 Å². The van der Waals surface area contributed by atoms with E-state index in [-0.39, 0.29) is 11.6 Å². The average molecular weight is 345 g/mol. The Balaban J connectivity index is 2.13. The van der Waals surface area contributed by atoms with Crippen LogP contribution >= 0.6 is 15.9 Å². The van der Waals surface area contributed by atoms with Crippen molar-refractivity contribution < 1.29 is 9.59 Å². The van der Waals surface area contributed by atoms with Crippen molar-refractivity contribution in [1.29, 1.82) is 0 Å². The summed E-state index contributed by atoms with van der Waals surface area (Å²) in [6.07, 6.45) is 1.32. The summed E-state index contributed by atoms with van der Waals surface area (Å²) in [6, 6.07) is 15.1. The van der Waals surface area contributed by atoms with Gasteiger partial charge < -0.3 is 0 Å². The predicted molar refractivity (Wildman–Crippen MR) is 87.6 cm³/mol. The number of rotatable bonds is 6. The second-order valence-electron chi connectivity index (χ2n) is 4.97. The minimum atomic E-state index is 0.0708. The summed E-state index contributed by atoms with van der Waals surface area (Å²) in [5, 5.41) is 0. The Labute approximate surface area is 133 Å². The van der Waals surface area contributed by atoms with Crippen LogP contribution in [0.3, 0.4) is 0 Å². The zero-order chi connectivity index (χ0) is 15.2. The van der Waals surface area contributed by atoms with Crippen molar-refractivity contribution in [3.8, 4) is 0 Å². The largest absolute Gasteiger partial charge is 0.299 e. The minimum Gasteiger partial charge on any atom is -0.299 e. The Morgan fingerprint density at radius 1 is 0.952 bits per heavy atom. The molecular weight excluding hydrogens is 328 g/mol. The van der Waals surface area contributed by atoms with Gasteiger partial charge in [-0.1, -0.05) is 65.3 Å². The van der Waals surface area contributed by atoms with Crippen LogP contribution in [0.5, 0.6) is 0 Å². The molecule has 0 aliphatic rings. The van der Waals surface area contributed by atoms with E-state index in [1.165, 1.54) is 0 Å². The Morgan fingerprint density at radius 3 is 2.29 bits per heavy atom. The molecule has 0 N–H and O–H groups in total. The summed E-state index contributed by atoms with van der Waals surface area (Å²) < 4.78 is 0.812. The number of ketones is 2. The number of hydrogen-bond acceptors (Lipinski definition) is 2. The maximum absolute atomic E-state index is 12.3. The van der Waals surface area contributed by atoms with E-state index < -0.39 is 0 Å². The summed E-state index contributed by atoms with van der Waals surface area (Å²) >= 11 is 3.40. The zero-order valence-electron chi connectivity index (χ0n) is 11.9. The Kier molecular flexibility index (Phi) is 5.45. The molecule has 2 rings (SSSR count). The highest BCUT2D eigenvalue weighted by atomic mass is 79.9. The molecule has 2 nitrogen and oxygen atoms in total. The van der Waals surface area contributed by atoms with Gasteiger partial charge in [-0.15, -0.1) is 0 Å². The molecule has 0 spiro atoms. The minimum absolute atomic E-state index is 0.0708. The smallest absolute Gasteiger partial charge is 0.168 e. The predicted octanol–water partition coefficient (Wildman–Crippen LogP) is 4.40. The van der Waals surface area contributed by atoms with Crippen LogP contribution in [-0.4, -0.2) is 11.6 Å². The molecule has 0 saturated heterocycles. The van der Waals surface area contributed by atoms with Crippen LogP contribution in [0.25, 0.3) is 0 Å². The molecule has 0 aliphatic heterocycles. The number of Topliss-reactive ketones (excluding diaryl/α,β-unsaturated/α-hetero) is 2. The van der Waals surface area contributed by atoms with Gasteiger partial charge in [0.2, 0.25) is 0 Å². The monoisotopic (exact) mass is 344 g/mol. The molecule has 0 heterocycles. The van der Waals surface area contributed by atoms with Crippen molar-refractivity contribution in [3.05, 3.63) is 69.7 Å². The third-order valence-corrected chi connectivity index (χ3v) is 4.02. The quantitative estimate of drug-likeness (QED) is 0.728. The normalized spacial score (nSPS) is 10.4. The maximum atomic E-state index is 12.3. The molecule has 2 aromatic carbocycles. The second-order valence-corrected chi connectivity index (χ2v) is 5.82. The van der Waals surface area contributed by atoms with Crippen LogP contribution in [0.4, 0.5) is 0 Å². The van der Waals surface area contributed by atoms with Gasteiger partial charge in [0.05, 0.1) is 0 Å². The van der Waals surface area contributed by atoms with E-state index in [2.05, 4.69) is 15.9 Å². The van der Waals surface area contributed by atoms with E-state index in [1.807, 2.05) is 55.5 Å². The van der Waals surface area contributed by atoms with Crippen LogP contribution in [-0.2, 0) is 17.6 Å². The summed E-state index contributed by atoms with van der Waals surface area (Å²) in [4.78, 5) is 23.8. The molecule has 2 aromatic rings. The van der Waals surface area contributed by atoms with Gasteiger partial charge in [0.25, 0.3) is 0 Å². The molecule has 0 fully saturated rings. The first-order valence-electron chi connectivity index (χ1n) is 6.97. The molecule has 0 aliphatic carbocycles. The van der Waals surface area contributed by atoms with Gasteiger partial charge in [-0.05, 0) is 17.2 Å². The van der Waals surface area contributed by atoms with Crippen LogP contribution < -0.4 is 0 Å². The van der Waals surface area contributed by atoms with Crippen molar-refractivity contribution >= 4 is 27.5 Å². The topological polar surface area (TPSA) is 34.1 Å². The van der Waals surface area contributed by atoms with Crippen LogP contribution in [0, 0.1) is 0 Å². The molecular formula is C18H17BrO2. The molecule has 3 heteroatoms. The zero-order valence-corrected chi connectivity index (χ0v) is 13.5. The maximum Gasteiger partial charge on any atom is 0.168 e. The van der Waals surface area contributed by atoms with Crippen molar-refractivity contribution in [3.63, 3.8) is 0 Å². The summed E-state index contributed by atoms with van der Waals surface area (Å²) in [5.74, 6) is 0.283. The molecule has 0 saturated carbocycles. The fourth-order valence-corrected chi connectivity index (χ4v) is 2.68. The van der Waals surface area contributed by atoms with Crippen LogP contribution in [0.2, 0.25) is 0 Å². The molecule has 0 bridgehead atoms. The van der Waals surface area contributed by atoms with Crippen molar-refractivity contribution in [2.24, 2.45) is 0 Å². The third-order valence-electron chi connectivity index (χ3n) is 3.33. The van der Waals surface area contributed by atoms with E-state index >= 15 is 0 Å². The standard InChI is InChI=1S/C18H17BrO2/c1-2-15(20)11-13-6-5-7-14(10-13)12-18(21)16-8-3-4-9-17(16)19/h3-10H,2,11-12H2,1H3. The molecule has 0 unspecified atom stereocenters. The van der Waals surface area contributed by atoms with Gasteiger partial charge in [0.1, 0.15) is 5.78 Å². The van der Waals surface area contributed by atoms with Crippen molar-refractivity contribution in [2.75, 3.05) is 0 Å². The first kappa shape index (κ1) is 15.6. The second kappa shape index (κ2) is 7.32. The highest BCUT2D eigenvalue weighted by molar-refractivity contribution is 9.10. The van der Waals surface area contributed by atoms with Gasteiger partial charge >= 0.3 is 0 Å². The number of carbonyl (C=O) groups excluding carboxylic acids is 2. The lowest BCUT2D eigenvalue weighted by Gasteiger charge is -2.06. The lowest BCUT2D eigenvalue weighted by atomic mass is 9.99. The molecule has 21 heavy (non-hydrogen) atoms. The SMILES string of the molecule is CCC(=O)Cc1cccc(CC(=O)c2ccccc2Br)c1. The fourth-order valence-electron chi connectivity index (χ4n) is 2.17. The van der Waals surface area contributed by atoms with Gasteiger partial charge in [-0.3, -0.25) is 9.59 Å². The highest BCUT2D eigenvalue weighted by Crippen LogP contribution is 2.18.